The van der Waals surface area contributed by atoms with Gasteiger partial charge in [-0.25, -0.2) is 13.1 Å². The van der Waals surface area contributed by atoms with Crippen LogP contribution < -0.4 is 15.4 Å². The van der Waals surface area contributed by atoms with Crippen molar-refractivity contribution >= 4 is 27.5 Å². The summed E-state index contributed by atoms with van der Waals surface area (Å²) < 4.78 is 26.8. The standard InChI is InChI=1S/C17H25N3O4S/c1-13(21)19-15-8-10-16(11-9-15)25(23,24)18-12-17(22)20-14-6-4-2-3-5-7-14/h8-11,14,18H,2-7,12H2,1H3,(H,19,21)(H,20,22). The number of anilines is 1. The maximum absolute atomic E-state index is 12.2. The Morgan fingerprint density at radius 2 is 1.64 bits per heavy atom. The highest BCUT2D eigenvalue weighted by atomic mass is 32.2. The number of hydrogen-bond acceptors (Lipinski definition) is 4. The summed E-state index contributed by atoms with van der Waals surface area (Å²) in [7, 11) is -3.77. The van der Waals surface area contributed by atoms with Crippen molar-refractivity contribution in [1.29, 1.82) is 0 Å². The van der Waals surface area contributed by atoms with Crippen molar-refractivity contribution in [1.82, 2.24) is 10.0 Å². The SMILES string of the molecule is CC(=O)Nc1ccc(S(=O)(=O)NCC(=O)NC2CCCCCC2)cc1. The summed E-state index contributed by atoms with van der Waals surface area (Å²) in [4.78, 5) is 23.0. The van der Waals surface area contributed by atoms with Gasteiger partial charge in [-0.2, -0.15) is 0 Å². The molecule has 1 aliphatic carbocycles. The molecule has 0 bridgehead atoms. The molecule has 1 aliphatic rings. The Morgan fingerprint density at radius 1 is 1.04 bits per heavy atom. The highest BCUT2D eigenvalue weighted by Crippen LogP contribution is 2.17. The van der Waals surface area contributed by atoms with Crippen LogP contribution in [0.3, 0.4) is 0 Å². The van der Waals surface area contributed by atoms with Gasteiger partial charge in [0.15, 0.2) is 0 Å². The third-order valence-electron chi connectivity index (χ3n) is 4.13. The average Bonchev–Trinajstić information content (AvgIpc) is 2.82. The maximum Gasteiger partial charge on any atom is 0.241 e. The van der Waals surface area contributed by atoms with Gasteiger partial charge in [-0.3, -0.25) is 9.59 Å². The fourth-order valence-corrected chi connectivity index (χ4v) is 3.85. The first-order valence-corrected chi connectivity index (χ1v) is 10.0. The number of sulfonamides is 1. The molecule has 0 atom stereocenters. The Hall–Kier alpha value is -1.93. The Labute approximate surface area is 148 Å². The van der Waals surface area contributed by atoms with E-state index < -0.39 is 10.0 Å². The summed E-state index contributed by atoms with van der Waals surface area (Å²) in [6, 6.07) is 5.91. The highest BCUT2D eigenvalue weighted by Gasteiger charge is 2.18. The number of carbonyl (C=O) groups excluding carboxylic acids is 2. The van der Waals surface area contributed by atoms with E-state index in [0.29, 0.717) is 5.69 Å². The average molecular weight is 367 g/mol. The lowest BCUT2D eigenvalue weighted by Gasteiger charge is -2.16. The Balaban J connectivity index is 1.87. The molecule has 25 heavy (non-hydrogen) atoms. The number of rotatable bonds is 6. The molecule has 0 unspecified atom stereocenters. The second-order valence-electron chi connectivity index (χ2n) is 6.29. The van der Waals surface area contributed by atoms with E-state index in [0.717, 1.165) is 25.7 Å². The largest absolute Gasteiger partial charge is 0.352 e. The van der Waals surface area contributed by atoms with Gasteiger partial charge in [-0.15, -0.1) is 0 Å². The quantitative estimate of drug-likeness (QED) is 0.666. The second-order valence-corrected chi connectivity index (χ2v) is 8.05. The van der Waals surface area contributed by atoms with Crippen LogP contribution in [-0.2, 0) is 19.6 Å². The van der Waals surface area contributed by atoms with Crippen molar-refractivity contribution < 1.29 is 18.0 Å². The zero-order chi connectivity index (χ0) is 18.3. The molecule has 1 aromatic rings. The highest BCUT2D eigenvalue weighted by molar-refractivity contribution is 7.89. The molecule has 1 saturated carbocycles. The van der Waals surface area contributed by atoms with Crippen molar-refractivity contribution in [2.24, 2.45) is 0 Å². The molecule has 0 spiro atoms. The molecule has 0 aliphatic heterocycles. The van der Waals surface area contributed by atoms with Crippen molar-refractivity contribution in [2.45, 2.75) is 56.4 Å². The summed E-state index contributed by atoms with van der Waals surface area (Å²) in [5, 5.41) is 5.47. The fourth-order valence-electron chi connectivity index (χ4n) is 2.87. The molecule has 138 valence electrons. The zero-order valence-electron chi connectivity index (χ0n) is 14.4. The molecular weight excluding hydrogens is 342 g/mol. The summed E-state index contributed by atoms with van der Waals surface area (Å²) in [6.07, 6.45) is 6.46. The lowest BCUT2D eigenvalue weighted by atomic mass is 10.1. The molecular formula is C17H25N3O4S. The van der Waals surface area contributed by atoms with Crippen LogP contribution >= 0.6 is 0 Å². The number of nitrogens with one attached hydrogen (secondary N) is 3. The van der Waals surface area contributed by atoms with Crippen molar-refractivity contribution in [3.05, 3.63) is 24.3 Å². The normalized spacial score (nSPS) is 16.0. The number of benzene rings is 1. The minimum atomic E-state index is -3.77. The van der Waals surface area contributed by atoms with Crippen LogP contribution in [0.4, 0.5) is 5.69 Å². The Kier molecular flexibility index (Phi) is 6.95. The number of amides is 2. The molecule has 0 aromatic heterocycles. The lowest BCUT2D eigenvalue weighted by Crippen LogP contribution is -2.41. The van der Waals surface area contributed by atoms with Crippen LogP contribution in [0.15, 0.2) is 29.2 Å². The first kappa shape index (κ1) is 19.4. The van der Waals surface area contributed by atoms with Gasteiger partial charge in [-0.05, 0) is 37.1 Å². The van der Waals surface area contributed by atoms with Gasteiger partial charge in [0.1, 0.15) is 0 Å². The molecule has 1 aromatic carbocycles. The lowest BCUT2D eigenvalue weighted by molar-refractivity contribution is -0.120. The van der Waals surface area contributed by atoms with Crippen LogP contribution in [0.25, 0.3) is 0 Å². The van der Waals surface area contributed by atoms with E-state index in [2.05, 4.69) is 15.4 Å². The molecule has 2 amide bonds. The molecule has 7 nitrogen and oxygen atoms in total. The summed E-state index contributed by atoms with van der Waals surface area (Å²) >= 11 is 0. The Bertz CT molecular complexity index is 693. The third kappa shape index (κ3) is 6.47. The number of hydrogen-bond donors (Lipinski definition) is 3. The van der Waals surface area contributed by atoms with E-state index in [1.807, 2.05) is 0 Å². The van der Waals surface area contributed by atoms with E-state index in [1.54, 1.807) is 0 Å². The monoisotopic (exact) mass is 367 g/mol. The predicted octanol–water partition coefficient (Wildman–Crippen LogP) is 1.76. The minimum Gasteiger partial charge on any atom is -0.352 e. The summed E-state index contributed by atoms with van der Waals surface area (Å²) in [5.41, 5.74) is 0.512. The van der Waals surface area contributed by atoms with E-state index in [9.17, 15) is 18.0 Å². The molecule has 3 N–H and O–H groups in total. The van der Waals surface area contributed by atoms with Crippen LogP contribution in [0, 0.1) is 0 Å². The van der Waals surface area contributed by atoms with E-state index in [1.165, 1.54) is 44.0 Å². The van der Waals surface area contributed by atoms with Gasteiger partial charge in [0.25, 0.3) is 0 Å². The van der Waals surface area contributed by atoms with Crippen molar-refractivity contribution in [2.75, 3.05) is 11.9 Å². The van der Waals surface area contributed by atoms with Gasteiger partial charge < -0.3 is 10.6 Å². The fraction of sp³-hybridized carbons (Fsp3) is 0.529. The van der Waals surface area contributed by atoms with Crippen LogP contribution in [0.1, 0.15) is 45.4 Å². The smallest absolute Gasteiger partial charge is 0.241 e. The van der Waals surface area contributed by atoms with Crippen LogP contribution in [-0.4, -0.2) is 32.8 Å². The van der Waals surface area contributed by atoms with Gasteiger partial charge in [0.2, 0.25) is 21.8 Å². The van der Waals surface area contributed by atoms with Gasteiger partial charge >= 0.3 is 0 Å². The first-order chi connectivity index (χ1) is 11.9. The van der Waals surface area contributed by atoms with E-state index in [4.69, 9.17) is 0 Å². The van der Waals surface area contributed by atoms with Gasteiger partial charge in [0, 0.05) is 18.7 Å². The summed E-state index contributed by atoms with van der Waals surface area (Å²) in [6.45, 7) is 1.09. The maximum atomic E-state index is 12.2. The van der Waals surface area contributed by atoms with Crippen LogP contribution in [0.2, 0.25) is 0 Å². The first-order valence-electron chi connectivity index (χ1n) is 8.53. The van der Waals surface area contributed by atoms with Gasteiger partial charge in [-0.1, -0.05) is 25.7 Å². The predicted molar refractivity (Wildman–Crippen MR) is 95.6 cm³/mol. The van der Waals surface area contributed by atoms with Gasteiger partial charge in [0.05, 0.1) is 11.4 Å². The van der Waals surface area contributed by atoms with E-state index >= 15 is 0 Å². The summed E-state index contributed by atoms with van der Waals surface area (Å²) in [5.74, 6) is -0.547. The molecule has 8 heteroatoms. The number of carbonyl (C=O) groups is 2. The third-order valence-corrected chi connectivity index (χ3v) is 5.55. The van der Waals surface area contributed by atoms with Crippen LogP contribution in [0.5, 0.6) is 0 Å². The second kappa shape index (κ2) is 8.96. The topological polar surface area (TPSA) is 104 Å². The minimum absolute atomic E-state index is 0.0452. The van der Waals surface area contributed by atoms with Crippen molar-refractivity contribution in [3.63, 3.8) is 0 Å². The van der Waals surface area contributed by atoms with Crippen molar-refractivity contribution in [3.8, 4) is 0 Å². The molecule has 0 saturated heterocycles. The van der Waals surface area contributed by atoms with E-state index in [-0.39, 0.29) is 29.3 Å². The molecule has 2 rings (SSSR count). The molecule has 0 heterocycles. The molecule has 0 radical (unpaired) electrons. The zero-order valence-corrected chi connectivity index (χ0v) is 15.2. The molecule has 1 fully saturated rings. The Morgan fingerprint density at radius 3 is 2.20 bits per heavy atom.